The van der Waals surface area contributed by atoms with E-state index in [1.807, 2.05) is 19.1 Å². The topological polar surface area (TPSA) is 84.9 Å². The summed E-state index contributed by atoms with van der Waals surface area (Å²) in [5.74, 6) is -0.0924. The van der Waals surface area contributed by atoms with Gasteiger partial charge < -0.3 is 19.7 Å². The zero-order valence-electron chi connectivity index (χ0n) is 17.9. The molecule has 1 N–H and O–H groups in total. The van der Waals surface area contributed by atoms with Crippen LogP contribution >= 0.6 is 11.3 Å². The van der Waals surface area contributed by atoms with Gasteiger partial charge in [-0.3, -0.25) is 4.79 Å². The third-order valence-electron chi connectivity index (χ3n) is 5.58. The number of esters is 2. The lowest BCUT2D eigenvalue weighted by Crippen LogP contribution is -2.41. The summed E-state index contributed by atoms with van der Waals surface area (Å²) in [7, 11) is 0. The summed E-state index contributed by atoms with van der Waals surface area (Å²) in [6, 6.07) is 5.54. The van der Waals surface area contributed by atoms with Gasteiger partial charge in [0, 0.05) is 4.88 Å². The van der Waals surface area contributed by atoms with Gasteiger partial charge in [-0.15, -0.1) is 11.3 Å². The minimum atomic E-state index is -0.404. The van der Waals surface area contributed by atoms with E-state index in [2.05, 4.69) is 12.2 Å². The highest BCUT2D eigenvalue weighted by molar-refractivity contribution is 7.17. The number of benzene rings is 1. The Morgan fingerprint density at radius 2 is 2.16 bits per heavy atom. The average Bonchev–Trinajstić information content (AvgIpc) is 3.04. The molecule has 0 spiro atoms. The minimum absolute atomic E-state index is 0.00727. The van der Waals surface area contributed by atoms with Crippen molar-refractivity contribution in [1.29, 1.82) is 0 Å². The Hall–Kier alpha value is -2.87. The first-order chi connectivity index (χ1) is 14.9. The molecular weight excluding hydrogens is 416 g/mol. The number of thiophene rings is 1. The molecular formula is C23H26N2O5S. The number of ether oxygens (including phenoxy) is 2. The van der Waals surface area contributed by atoms with Crippen molar-refractivity contribution in [2.45, 2.75) is 40.0 Å². The van der Waals surface area contributed by atoms with Crippen molar-refractivity contribution in [3.8, 4) is 5.75 Å². The quantitative estimate of drug-likeness (QED) is 0.561. The standard InChI is InChI=1S/C23H26N2O5S/c1-4-29-23(28)21-15-7-5-14(3)10-18(15)31-22(21)24-19(26)11-25-12-20(27)30-17-9-13(2)6-8-16(17)25/h6,8-9,14H,4-5,7,10-12H2,1-3H3,(H,24,26). The van der Waals surface area contributed by atoms with Crippen molar-refractivity contribution in [3.63, 3.8) is 0 Å². The molecule has 0 radical (unpaired) electrons. The van der Waals surface area contributed by atoms with E-state index in [0.717, 1.165) is 35.3 Å². The third kappa shape index (κ3) is 4.44. The molecule has 0 saturated heterocycles. The van der Waals surface area contributed by atoms with Crippen LogP contribution in [0.15, 0.2) is 18.2 Å². The highest BCUT2D eigenvalue weighted by atomic mass is 32.1. The predicted octanol–water partition coefficient (Wildman–Crippen LogP) is 3.72. The Morgan fingerprint density at radius 1 is 1.35 bits per heavy atom. The van der Waals surface area contributed by atoms with Gasteiger partial charge in [0.15, 0.2) is 5.75 Å². The summed E-state index contributed by atoms with van der Waals surface area (Å²) in [6.45, 7) is 6.12. The van der Waals surface area contributed by atoms with Gasteiger partial charge in [-0.1, -0.05) is 13.0 Å². The summed E-state index contributed by atoms with van der Waals surface area (Å²) in [6.07, 6.45) is 2.71. The number of fused-ring (bicyclic) bond motifs is 2. The Kier molecular flexibility index (Phi) is 6.00. The summed E-state index contributed by atoms with van der Waals surface area (Å²) < 4.78 is 10.6. The van der Waals surface area contributed by atoms with Crippen LogP contribution in [0.5, 0.6) is 5.75 Å². The van der Waals surface area contributed by atoms with Crippen LogP contribution in [0.4, 0.5) is 10.7 Å². The third-order valence-corrected chi connectivity index (χ3v) is 6.75. The van der Waals surface area contributed by atoms with Crippen molar-refractivity contribution < 1.29 is 23.9 Å². The lowest BCUT2D eigenvalue weighted by molar-refractivity contribution is -0.133. The molecule has 1 unspecified atom stereocenters. The van der Waals surface area contributed by atoms with Crippen molar-refractivity contribution in [2.24, 2.45) is 5.92 Å². The van der Waals surface area contributed by atoms with Gasteiger partial charge >= 0.3 is 11.9 Å². The van der Waals surface area contributed by atoms with Crippen molar-refractivity contribution >= 4 is 39.9 Å². The molecule has 2 aromatic rings. The first-order valence-corrected chi connectivity index (χ1v) is 11.3. The summed E-state index contributed by atoms with van der Waals surface area (Å²) in [4.78, 5) is 40.4. The number of nitrogens with zero attached hydrogens (tertiary/aromatic N) is 1. The van der Waals surface area contributed by atoms with Crippen LogP contribution in [0.2, 0.25) is 0 Å². The molecule has 0 saturated carbocycles. The average molecular weight is 443 g/mol. The zero-order valence-corrected chi connectivity index (χ0v) is 18.8. The second kappa shape index (κ2) is 8.70. The molecule has 1 aromatic carbocycles. The predicted molar refractivity (Wildman–Crippen MR) is 119 cm³/mol. The Morgan fingerprint density at radius 3 is 2.94 bits per heavy atom. The SMILES string of the molecule is CCOC(=O)c1c(NC(=O)CN2CC(=O)Oc3cc(C)ccc32)sc2c1CCC(C)C2. The number of hydrogen-bond acceptors (Lipinski definition) is 7. The molecule has 4 rings (SSSR count). The molecule has 8 heteroatoms. The number of amides is 1. The van der Waals surface area contributed by atoms with Gasteiger partial charge in [0.05, 0.1) is 24.4 Å². The van der Waals surface area contributed by atoms with E-state index >= 15 is 0 Å². The van der Waals surface area contributed by atoms with Gasteiger partial charge in [-0.2, -0.15) is 0 Å². The first-order valence-electron chi connectivity index (χ1n) is 10.5. The Bertz CT molecular complexity index is 1040. The maximum Gasteiger partial charge on any atom is 0.341 e. The lowest BCUT2D eigenvalue weighted by Gasteiger charge is -2.29. The Balaban J connectivity index is 1.57. The molecule has 7 nitrogen and oxygen atoms in total. The van der Waals surface area contributed by atoms with E-state index < -0.39 is 11.9 Å². The fourth-order valence-electron chi connectivity index (χ4n) is 4.10. The van der Waals surface area contributed by atoms with E-state index in [-0.39, 0.29) is 25.6 Å². The molecule has 0 fully saturated rings. The minimum Gasteiger partial charge on any atom is -0.462 e. The second-order valence-corrected chi connectivity index (χ2v) is 9.23. The van der Waals surface area contributed by atoms with Crippen molar-refractivity contribution in [3.05, 3.63) is 39.8 Å². The molecule has 1 aliphatic carbocycles. The zero-order chi connectivity index (χ0) is 22.1. The van der Waals surface area contributed by atoms with Gasteiger partial charge in [-0.05, 0) is 62.3 Å². The monoisotopic (exact) mass is 442 g/mol. The molecule has 1 aromatic heterocycles. The molecule has 1 amide bonds. The van der Waals surface area contributed by atoms with Crippen molar-refractivity contribution in [1.82, 2.24) is 0 Å². The summed E-state index contributed by atoms with van der Waals surface area (Å²) >= 11 is 1.46. The summed E-state index contributed by atoms with van der Waals surface area (Å²) in [5, 5.41) is 3.44. The van der Waals surface area contributed by atoms with Crippen LogP contribution in [0.3, 0.4) is 0 Å². The van der Waals surface area contributed by atoms with Gasteiger partial charge in [0.1, 0.15) is 11.5 Å². The van der Waals surface area contributed by atoms with E-state index in [1.54, 1.807) is 17.9 Å². The van der Waals surface area contributed by atoms with Crippen molar-refractivity contribution in [2.75, 3.05) is 29.9 Å². The number of anilines is 2. The lowest BCUT2D eigenvalue weighted by atomic mass is 9.88. The fourth-order valence-corrected chi connectivity index (χ4v) is 5.51. The maximum absolute atomic E-state index is 12.9. The number of rotatable bonds is 5. The molecule has 1 atom stereocenters. The van der Waals surface area contributed by atoms with E-state index in [0.29, 0.717) is 27.9 Å². The number of aryl methyl sites for hydroxylation is 1. The van der Waals surface area contributed by atoms with Gasteiger partial charge in [0.2, 0.25) is 5.91 Å². The van der Waals surface area contributed by atoms with E-state index in [1.165, 1.54) is 11.3 Å². The van der Waals surface area contributed by atoms with Crippen LogP contribution in [0.1, 0.15) is 46.6 Å². The highest BCUT2D eigenvalue weighted by Gasteiger charge is 2.30. The van der Waals surface area contributed by atoms with Crippen LogP contribution in [-0.4, -0.2) is 37.5 Å². The summed E-state index contributed by atoms with van der Waals surface area (Å²) in [5.41, 5.74) is 3.15. The highest BCUT2D eigenvalue weighted by Crippen LogP contribution is 2.40. The smallest absolute Gasteiger partial charge is 0.341 e. The fraction of sp³-hybridized carbons (Fsp3) is 0.435. The maximum atomic E-state index is 12.9. The number of carbonyl (C=O) groups excluding carboxylic acids is 3. The number of hydrogen-bond donors (Lipinski definition) is 1. The molecule has 31 heavy (non-hydrogen) atoms. The Labute approximate surface area is 185 Å². The first kappa shape index (κ1) is 21.4. The number of nitrogens with one attached hydrogen (secondary N) is 1. The molecule has 164 valence electrons. The molecule has 1 aliphatic heterocycles. The largest absolute Gasteiger partial charge is 0.462 e. The number of carbonyl (C=O) groups is 3. The van der Waals surface area contributed by atoms with Crippen LogP contribution in [0, 0.1) is 12.8 Å². The van der Waals surface area contributed by atoms with E-state index in [4.69, 9.17) is 9.47 Å². The van der Waals surface area contributed by atoms with E-state index in [9.17, 15) is 14.4 Å². The molecule has 2 aliphatic rings. The normalized spacial score (nSPS) is 17.5. The van der Waals surface area contributed by atoms with Crippen LogP contribution in [-0.2, 0) is 27.2 Å². The second-order valence-electron chi connectivity index (χ2n) is 8.13. The van der Waals surface area contributed by atoms with Crippen LogP contribution in [0.25, 0.3) is 0 Å². The van der Waals surface area contributed by atoms with Gasteiger partial charge in [-0.25, -0.2) is 9.59 Å². The molecule has 2 heterocycles. The molecule has 0 bridgehead atoms. The van der Waals surface area contributed by atoms with Gasteiger partial charge in [0.25, 0.3) is 0 Å². The van der Waals surface area contributed by atoms with Crippen LogP contribution < -0.4 is 15.0 Å².